The molecule has 0 fully saturated rings. The Kier molecular flexibility index (Phi) is 7.42. The van der Waals surface area contributed by atoms with Gasteiger partial charge in [-0.3, -0.25) is 14.4 Å². The number of nitrogens with one attached hydrogen (secondary N) is 3. The highest BCUT2D eigenvalue weighted by Gasteiger charge is 2.16. The molecule has 1 aromatic heterocycles. The van der Waals surface area contributed by atoms with E-state index in [1.165, 1.54) is 11.8 Å². The van der Waals surface area contributed by atoms with Crippen LogP contribution in [0.3, 0.4) is 0 Å². The van der Waals surface area contributed by atoms with Crippen molar-refractivity contribution in [2.24, 2.45) is 7.05 Å². The van der Waals surface area contributed by atoms with E-state index >= 15 is 0 Å². The highest BCUT2D eigenvalue weighted by Crippen LogP contribution is 2.15. The molecule has 9 heteroatoms. The average molecular weight is 389 g/mol. The summed E-state index contributed by atoms with van der Waals surface area (Å²) < 4.78 is 1.84. The number of hydrogen-bond acceptors (Lipinski definition) is 5. The molecule has 0 aliphatic heterocycles. The maximum Gasteiger partial charge on any atom is 0.251 e. The van der Waals surface area contributed by atoms with Crippen LogP contribution in [0.15, 0.2) is 41.8 Å². The van der Waals surface area contributed by atoms with Crippen LogP contribution in [0.4, 0.5) is 5.69 Å². The number of carbonyl (C=O) groups is 3. The fourth-order valence-electron chi connectivity index (χ4n) is 2.20. The Hall–Kier alpha value is -2.81. The van der Waals surface area contributed by atoms with E-state index in [4.69, 9.17) is 0 Å². The molecule has 0 saturated carbocycles. The normalized spacial score (nSPS) is 11.5. The molecule has 3 amide bonds. The number of rotatable bonds is 8. The van der Waals surface area contributed by atoms with Gasteiger partial charge >= 0.3 is 0 Å². The Morgan fingerprint density at radius 3 is 2.52 bits per heavy atom. The first-order valence-corrected chi connectivity index (χ1v) is 9.48. The number of hydrogen-bond donors (Lipinski definition) is 3. The standard InChI is InChI=1S/C18H23N5O3S/c1-4-19-16(25)12(2)21-17(26)13-5-7-14(8-6-13)22-15(24)11-27-18-20-9-10-23(18)3/h5-10,12H,4,11H2,1-3H3,(H,19,25)(H,21,26)(H,22,24)/t12-/m0/s1. The predicted octanol–water partition coefficient (Wildman–Crippen LogP) is 1.41. The zero-order valence-electron chi connectivity index (χ0n) is 15.5. The first-order chi connectivity index (χ1) is 12.9. The second kappa shape index (κ2) is 9.77. The van der Waals surface area contributed by atoms with Crippen molar-refractivity contribution < 1.29 is 14.4 Å². The van der Waals surface area contributed by atoms with Gasteiger partial charge in [0.05, 0.1) is 5.75 Å². The van der Waals surface area contributed by atoms with Crippen LogP contribution >= 0.6 is 11.8 Å². The number of imidazole rings is 1. The summed E-state index contributed by atoms with van der Waals surface area (Å²) >= 11 is 1.34. The number of nitrogens with zero attached hydrogens (tertiary/aromatic N) is 2. The van der Waals surface area contributed by atoms with Crippen LogP contribution < -0.4 is 16.0 Å². The predicted molar refractivity (Wildman–Crippen MR) is 105 cm³/mol. The van der Waals surface area contributed by atoms with E-state index in [-0.39, 0.29) is 23.5 Å². The molecule has 27 heavy (non-hydrogen) atoms. The van der Waals surface area contributed by atoms with Gasteiger partial charge in [0.1, 0.15) is 6.04 Å². The van der Waals surface area contributed by atoms with Crippen LogP contribution in [-0.2, 0) is 16.6 Å². The topological polar surface area (TPSA) is 105 Å². The molecular weight excluding hydrogens is 366 g/mol. The summed E-state index contributed by atoms with van der Waals surface area (Å²) in [6.07, 6.45) is 3.49. The second-order valence-corrected chi connectivity index (χ2v) is 6.77. The van der Waals surface area contributed by atoms with E-state index in [1.807, 2.05) is 24.7 Å². The zero-order valence-corrected chi connectivity index (χ0v) is 16.3. The van der Waals surface area contributed by atoms with Crippen molar-refractivity contribution in [1.82, 2.24) is 20.2 Å². The molecular formula is C18H23N5O3S. The van der Waals surface area contributed by atoms with Gasteiger partial charge in [0, 0.05) is 37.2 Å². The smallest absolute Gasteiger partial charge is 0.251 e. The molecule has 2 rings (SSSR count). The molecule has 0 radical (unpaired) electrons. The first-order valence-electron chi connectivity index (χ1n) is 8.49. The minimum atomic E-state index is -0.625. The molecule has 0 unspecified atom stereocenters. The molecule has 0 aliphatic rings. The number of thioether (sulfide) groups is 1. The molecule has 2 aromatic rings. The quantitative estimate of drug-likeness (QED) is 0.592. The highest BCUT2D eigenvalue weighted by atomic mass is 32.2. The maximum atomic E-state index is 12.2. The van der Waals surface area contributed by atoms with E-state index in [2.05, 4.69) is 20.9 Å². The summed E-state index contributed by atoms with van der Waals surface area (Å²) in [5.74, 6) is -0.515. The Morgan fingerprint density at radius 1 is 1.22 bits per heavy atom. The third-order valence-electron chi connectivity index (χ3n) is 3.63. The van der Waals surface area contributed by atoms with Crippen LogP contribution in [0.5, 0.6) is 0 Å². The van der Waals surface area contributed by atoms with E-state index < -0.39 is 6.04 Å². The SMILES string of the molecule is CCNC(=O)[C@H](C)NC(=O)c1ccc(NC(=O)CSc2nccn2C)cc1. The summed E-state index contributed by atoms with van der Waals surface area (Å²) in [6.45, 7) is 3.94. The van der Waals surface area contributed by atoms with Crippen LogP contribution in [0.25, 0.3) is 0 Å². The molecule has 1 heterocycles. The lowest BCUT2D eigenvalue weighted by molar-refractivity contribution is -0.122. The fourth-order valence-corrected chi connectivity index (χ4v) is 2.93. The molecule has 144 valence electrons. The van der Waals surface area contributed by atoms with Crippen molar-refractivity contribution >= 4 is 35.2 Å². The van der Waals surface area contributed by atoms with Crippen LogP contribution in [0, 0.1) is 0 Å². The van der Waals surface area contributed by atoms with Crippen molar-refractivity contribution in [3.8, 4) is 0 Å². The molecule has 0 bridgehead atoms. The lowest BCUT2D eigenvalue weighted by Crippen LogP contribution is -2.44. The average Bonchev–Trinajstić information content (AvgIpc) is 3.05. The van der Waals surface area contributed by atoms with Gasteiger partial charge in [0.25, 0.3) is 5.91 Å². The number of benzene rings is 1. The monoisotopic (exact) mass is 389 g/mol. The summed E-state index contributed by atoms with van der Waals surface area (Å²) in [5.41, 5.74) is 1.00. The molecule has 1 atom stereocenters. The van der Waals surface area contributed by atoms with E-state index in [0.29, 0.717) is 17.8 Å². The van der Waals surface area contributed by atoms with Crippen molar-refractivity contribution in [3.63, 3.8) is 0 Å². The first kappa shape index (κ1) is 20.5. The van der Waals surface area contributed by atoms with Crippen molar-refractivity contribution in [2.75, 3.05) is 17.6 Å². The minimum Gasteiger partial charge on any atom is -0.355 e. The lowest BCUT2D eigenvalue weighted by Gasteiger charge is -2.13. The second-order valence-electron chi connectivity index (χ2n) is 5.82. The van der Waals surface area contributed by atoms with E-state index in [9.17, 15) is 14.4 Å². The number of carbonyl (C=O) groups excluding carboxylic acids is 3. The molecule has 0 spiro atoms. The van der Waals surface area contributed by atoms with Gasteiger partial charge in [0.2, 0.25) is 11.8 Å². The number of aromatic nitrogens is 2. The Morgan fingerprint density at radius 2 is 1.93 bits per heavy atom. The third kappa shape index (κ3) is 6.14. The van der Waals surface area contributed by atoms with E-state index in [1.54, 1.807) is 37.4 Å². The Balaban J connectivity index is 1.85. The van der Waals surface area contributed by atoms with Gasteiger partial charge in [-0.2, -0.15) is 0 Å². The van der Waals surface area contributed by atoms with Crippen molar-refractivity contribution in [2.45, 2.75) is 25.0 Å². The summed E-state index contributed by atoms with van der Waals surface area (Å²) in [4.78, 5) is 40.0. The van der Waals surface area contributed by atoms with Crippen LogP contribution in [0.2, 0.25) is 0 Å². The lowest BCUT2D eigenvalue weighted by atomic mass is 10.1. The van der Waals surface area contributed by atoms with Gasteiger partial charge in [-0.25, -0.2) is 4.98 Å². The van der Waals surface area contributed by atoms with E-state index in [0.717, 1.165) is 5.16 Å². The van der Waals surface area contributed by atoms with Crippen LogP contribution in [0.1, 0.15) is 24.2 Å². The van der Waals surface area contributed by atoms with Gasteiger partial charge in [-0.15, -0.1) is 0 Å². The van der Waals surface area contributed by atoms with Crippen LogP contribution in [-0.4, -0.2) is 45.6 Å². The Labute approximate surface area is 162 Å². The Bertz CT molecular complexity index is 804. The minimum absolute atomic E-state index is 0.162. The summed E-state index contributed by atoms with van der Waals surface area (Å²) in [5, 5.41) is 8.82. The maximum absolute atomic E-state index is 12.2. The van der Waals surface area contributed by atoms with Gasteiger partial charge in [-0.1, -0.05) is 11.8 Å². The van der Waals surface area contributed by atoms with Gasteiger partial charge in [-0.05, 0) is 38.1 Å². The fraction of sp³-hybridized carbons (Fsp3) is 0.333. The number of anilines is 1. The van der Waals surface area contributed by atoms with Crippen molar-refractivity contribution in [3.05, 3.63) is 42.2 Å². The molecule has 1 aromatic carbocycles. The number of likely N-dealkylation sites (N-methyl/N-ethyl adjacent to an activating group) is 1. The summed E-state index contributed by atoms with van der Waals surface area (Å²) in [7, 11) is 1.86. The molecule has 0 aliphatic carbocycles. The van der Waals surface area contributed by atoms with Gasteiger partial charge in [0.15, 0.2) is 5.16 Å². The molecule has 3 N–H and O–H groups in total. The number of aryl methyl sites for hydroxylation is 1. The highest BCUT2D eigenvalue weighted by molar-refractivity contribution is 7.99. The van der Waals surface area contributed by atoms with Crippen molar-refractivity contribution in [1.29, 1.82) is 0 Å². The summed E-state index contributed by atoms with van der Waals surface area (Å²) in [6, 6.07) is 5.87. The zero-order chi connectivity index (χ0) is 19.8. The molecule has 8 nitrogen and oxygen atoms in total. The molecule has 0 saturated heterocycles. The third-order valence-corrected chi connectivity index (χ3v) is 4.69. The largest absolute Gasteiger partial charge is 0.355 e. The van der Waals surface area contributed by atoms with Gasteiger partial charge < -0.3 is 20.5 Å². The number of amides is 3.